The second kappa shape index (κ2) is 4.80. The molecule has 0 aromatic carbocycles. The lowest BCUT2D eigenvalue weighted by Gasteiger charge is -2.02. The van der Waals surface area contributed by atoms with Gasteiger partial charge in [-0.1, -0.05) is 13.3 Å². The average molecular weight is 141 g/mol. The molecule has 0 aliphatic heterocycles. The molecule has 0 N–H and O–H groups in total. The first-order valence-corrected chi connectivity index (χ1v) is 3.23. The van der Waals surface area contributed by atoms with Crippen LogP contribution in [-0.2, 0) is 9.53 Å². The van der Waals surface area contributed by atoms with Gasteiger partial charge in [0.1, 0.15) is 5.92 Å². The maximum Gasteiger partial charge on any atom is 0.323 e. The lowest BCUT2D eigenvalue weighted by atomic mass is 10.1. The van der Waals surface area contributed by atoms with Gasteiger partial charge in [0.2, 0.25) is 0 Å². The summed E-state index contributed by atoms with van der Waals surface area (Å²) >= 11 is 0. The molecule has 0 spiro atoms. The molecule has 0 amide bonds. The van der Waals surface area contributed by atoms with E-state index in [-0.39, 0.29) is 0 Å². The summed E-state index contributed by atoms with van der Waals surface area (Å²) < 4.78 is 4.39. The minimum absolute atomic E-state index is 0.427. The Bertz CT molecular complexity index is 148. The minimum Gasteiger partial charge on any atom is -0.468 e. The van der Waals surface area contributed by atoms with Gasteiger partial charge in [0, 0.05) is 0 Å². The van der Waals surface area contributed by atoms with Gasteiger partial charge in [0.15, 0.2) is 0 Å². The molecule has 0 aromatic rings. The summed E-state index contributed by atoms with van der Waals surface area (Å²) in [6.45, 7) is 1.92. The van der Waals surface area contributed by atoms with Crippen molar-refractivity contribution in [1.29, 1.82) is 5.26 Å². The number of nitriles is 1. The Morgan fingerprint density at radius 3 is 2.70 bits per heavy atom. The fraction of sp³-hybridized carbons (Fsp3) is 0.714. The molecule has 0 saturated carbocycles. The van der Waals surface area contributed by atoms with Crippen LogP contribution in [0.4, 0.5) is 0 Å². The Labute approximate surface area is 60.6 Å². The van der Waals surface area contributed by atoms with Gasteiger partial charge >= 0.3 is 5.97 Å². The highest BCUT2D eigenvalue weighted by Gasteiger charge is 2.16. The van der Waals surface area contributed by atoms with Crippen molar-refractivity contribution < 1.29 is 9.53 Å². The van der Waals surface area contributed by atoms with Gasteiger partial charge < -0.3 is 4.74 Å². The van der Waals surface area contributed by atoms with Crippen molar-refractivity contribution in [2.75, 3.05) is 7.11 Å². The third-order valence-electron chi connectivity index (χ3n) is 1.22. The van der Waals surface area contributed by atoms with E-state index >= 15 is 0 Å². The van der Waals surface area contributed by atoms with E-state index in [1.54, 1.807) is 0 Å². The van der Waals surface area contributed by atoms with E-state index in [0.29, 0.717) is 6.42 Å². The summed E-state index contributed by atoms with van der Waals surface area (Å²) in [5.41, 5.74) is 0. The zero-order valence-electron chi connectivity index (χ0n) is 6.26. The quantitative estimate of drug-likeness (QED) is 0.553. The van der Waals surface area contributed by atoms with E-state index in [1.165, 1.54) is 7.11 Å². The number of methoxy groups -OCH3 is 1. The standard InChI is InChI=1S/C7H11NO2/c1-3-4-6(5-8)7(9)10-2/h6H,3-4H2,1-2H3. The average Bonchev–Trinajstić information content (AvgIpc) is 1.99. The SMILES string of the molecule is CCCC(C#N)C(=O)OC. The van der Waals surface area contributed by atoms with Crippen molar-refractivity contribution in [3.05, 3.63) is 0 Å². The molecule has 0 aliphatic rings. The predicted molar refractivity (Wildman–Crippen MR) is 36.0 cm³/mol. The fourth-order valence-corrected chi connectivity index (χ4v) is 0.666. The molecule has 56 valence electrons. The number of hydrogen-bond acceptors (Lipinski definition) is 3. The van der Waals surface area contributed by atoms with Gasteiger partial charge in [0.05, 0.1) is 13.2 Å². The van der Waals surface area contributed by atoms with Gasteiger partial charge in [-0.3, -0.25) is 4.79 Å². The van der Waals surface area contributed by atoms with Crippen LogP contribution in [-0.4, -0.2) is 13.1 Å². The maximum atomic E-state index is 10.7. The molecule has 1 atom stereocenters. The second-order valence-corrected chi connectivity index (χ2v) is 1.99. The van der Waals surface area contributed by atoms with E-state index in [1.807, 2.05) is 13.0 Å². The third-order valence-corrected chi connectivity index (χ3v) is 1.22. The summed E-state index contributed by atoms with van der Waals surface area (Å²) in [4.78, 5) is 10.7. The summed E-state index contributed by atoms with van der Waals surface area (Å²) in [5, 5.41) is 8.41. The van der Waals surface area contributed by atoms with Crippen LogP contribution in [0.5, 0.6) is 0 Å². The summed E-state index contributed by atoms with van der Waals surface area (Å²) in [6.07, 6.45) is 1.41. The van der Waals surface area contributed by atoms with Crippen LogP contribution < -0.4 is 0 Å². The first kappa shape index (κ1) is 8.96. The smallest absolute Gasteiger partial charge is 0.323 e. The van der Waals surface area contributed by atoms with Crippen molar-refractivity contribution in [2.45, 2.75) is 19.8 Å². The van der Waals surface area contributed by atoms with Crippen LogP contribution in [0, 0.1) is 17.2 Å². The van der Waals surface area contributed by atoms with Crippen molar-refractivity contribution in [3.63, 3.8) is 0 Å². The lowest BCUT2D eigenvalue weighted by molar-refractivity contribution is -0.143. The van der Waals surface area contributed by atoms with E-state index in [2.05, 4.69) is 4.74 Å². The van der Waals surface area contributed by atoms with Crippen LogP contribution in [0.25, 0.3) is 0 Å². The van der Waals surface area contributed by atoms with Gasteiger partial charge in [-0.05, 0) is 6.42 Å². The Kier molecular flexibility index (Phi) is 4.30. The molecule has 3 nitrogen and oxygen atoms in total. The molecule has 0 fully saturated rings. The predicted octanol–water partition coefficient (Wildman–Crippen LogP) is 1.10. The maximum absolute atomic E-state index is 10.7. The van der Waals surface area contributed by atoms with Crippen LogP contribution >= 0.6 is 0 Å². The molecule has 0 aromatic heterocycles. The zero-order chi connectivity index (χ0) is 7.98. The first-order chi connectivity index (χ1) is 4.76. The topological polar surface area (TPSA) is 50.1 Å². The molecule has 1 unspecified atom stereocenters. The molecule has 0 rings (SSSR count). The van der Waals surface area contributed by atoms with Crippen molar-refractivity contribution >= 4 is 5.97 Å². The Balaban J connectivity index is 3.84. The molecule has 0 radical (unpaired) electrons. The third kappa shape index (κ3) is 2.49. The number of rotatable bonds is 3. The zero-order valence-corrected chi connectivity index (χ0v) is 6.26. The van der Waals surface area contributed by atoms with Gasteiger partial charge in [-0.25, -0.2) is 0 Å². The van der Waals surface area contributed by atoms with Crippen LogP contribution in [0.2, 0.25) is 0 Å². The van der Waals surface area contributed by atoms with Crippen molar-refractivity contribution in [2.24, 2.45) is 5.92 Å². The summed E-state index contributed by atoms with van der Waals surface area (Å²) in [5.74, 6) is -1.00. The lowest BCUT2D eigenvalue weighted by Crippen LogP contribution is -2.13. The number of nitrogens with zero attached hydrogens (tertiary/aromatic N) is 1. The van der Waals surface area contributed by atoms with E-state index < -0.39 is 11.9 Å². The van der Waals surface area contributed by atoms with Crippen molar-refractivity contribution in [3.8, 4) is 6.07 Å². The number of carbonyl (C=O) groups is 1. The number of ether oxygens (including phenoxy) is 1. The fourth-order valence-electron chi connectivity index (χ4n) is 0.666. The first-order valence-electron chi connectivity index (χ1n) is 3.23. The number of carbonyl (C=O) groups excluding carboxylic acids is 1. The normalized spacial score (nSPS) is 11.7. The molecule has 0 aliphatic carbocycles. The van der Waals surface area contributed by atoms with E-state index in [0.717, 1.165) is 6.42 Å². The van der Waals surface area contributed by atoms with Gasteiger partial charge in [-0.2, -0.15) is 5.26 Å². The minimum atomic E-state index is -0.574. The molecular formula is C7H11NO2. The summed E-state index contributed by atoms with van der Waals surface area (Å²) in [6, 6.07) is 1.88. The molecule has 10 heavy (non-hydrogen) atoms. The molecule has 0 saturated heterocycles. The number of esters is 1. The second-order valence-electron chi connectivity index (χ2n) is 1.99. The number of hydrogen-bond donors (Lipinski definition) is 0. The van der Waals surface area contributed by atoms with Crippen LogP contribution in [0.1, 0.15) is 19.8 Å². The Hall–Kier alpha value is -1.04. The van der Waals surface area contributed by atoms with Gasteiger partial charge in [-0.15, -0.1) is 0 Å². The molecule has 0 bridgehead atoms. The van der Waals surface area contributed by atoms with Gasteiger partial charge in [0.25, 0.3) is 0 Å². The van der Waals surface area contributed by atoms with E-state index in [9.17, 15) is 4.79 Å². The van der Waals surface area contributed by atoms with Crippen molar-refractivity contribution in [1.82, 2.24) is 0 Å². The van der Waals surface area contributed by atoms with Crippen LogP contribution in [0.15, 0.2) is 0 Å². The highest BCUT2D eigenvalue weighted by Crippen LogP contribution is 2.05. The highest BCUT2D eigenvalue weighted by atomic mass is 16.5. The molecular weight excluding hydrogens is 130 g/mol. The monoisotopic (exact) mass is 141 g/mol. The largest absolute Gasteiger partial charge is 0.468 e. The molecule has 3 heteroatoms. The van der Waals surface area contributed by atoms with Crippen LogP contribution in [0.3, 0.4) is 0 Å². The van der Waals surface area contributed by atoms with E-state index in [4.69, 9.17) is 5.26 Å². The summed E-state index contributed by atoms with van der Waals surface area (Å²) in [7, 11) is 1.29. The Morgan fingerprint density at radius 2 is 2.40 bits per heavy atom. The molecule has 0 heterocycles. The highest BCUT2D eigenvalue weighted by molar-refractivity contribution is 5.74. The Morgan fingerprint density at radius 1 is 1.80 bits per heavy atom.